The molecule has 0 aromatic carbocycles. The van der Waals surface area contributed by atoms with Crippen molar-refractivity contribution >= 4 is 16.2 Å². The molecule has 0 aromatic rings. The van der Waals surface area contributed by atoms with Gasteiger partial charge in [-0.25, -0.2) is 0 Å². The Labute approximate surface area is 119 Å². The molecule has 0 saturated carbocycles. The lowest BCUT2D eigenvalue weighted by Crippen LogP contribution is -2.50. The van der Waals surface area contributed by atoms with Gasteiger partial charge in [-0.05, 0) is 19.8 Å². The van der Waals surface area contributed by atoms with Gasteiger partial charge in [0, 0.05) is 19.6 Å². The zero-order valence-electron chi connectivity index (χ0n) is 11.6. The fourth-order valence-corrected chi connectivity index (χ4v) is 4.00. The second-order valence-electron chi connectivity index (χ2n) is 4.37. The summed E-state index contributed by atoms with van der Waals surface area (Å²) < 4.78 is 31.9. The van der Waals surface area contributed by atoms with Crippen molar-refractivity contribution in [3.8, 4) is 0 Å². The Morgan fingerprint density at radius 1 is 1.35 bits per heavy atom. The van der Waals surface area contributed by atoms with Crippen molar-refractivity contribution in [1.82, 2.24) is 8.61 Å². The minimum Gasteiger partial charge on any atom is -0.465 e. The van der Waals surface area contributed by atoms with E-state index in [1.54, 1.807) is 6.92 Å². The van der Waals surface area contributed by atoms with Crippen molar-refractivity contribution in [3.05, 3.63) is 0 Å². The monoisotopic (exact) mass is 310 g/mol. The first kappa shape index (κ1) is 17.3. The van der Waals surface area contributed by atoms with Crippen molar-refractivity contribution in [2.45, 2.75) is 25.8 Å². The van der Waals surface area contributed by atoms with Gasteiger partial charge in [-0.3, -0.25) is 4.79 Å². The summed E-state index contributed by atoms with van der Waals surface area (Å²) >= 11 is 0. The number of ether oxygens (including phenoxy) is 1. The summed E-state index contributed by atoms with van der Waals surface area (Å²) in [5.41, 5.74) is 0. The van der Waals surface area contributed by atoms with Gasteiger partial charge in [-0.2, -0.15) is 17.0 Å². The van der Waals surface area contributed by atoms with Crippen LogP contribution >= 0.6 is 0 Å². The third-order valence-electron chi connectivity index (χ3n) is 3.08. The Kier molecular flexibility index (Phi) is 6.83. The molecule has 0 spiro atoms. The van der Waals surface area contributed by atoms with Crippen LogP contribution in [0.1, 0.15) is 19.8 Å². The van der Waals surface area contributed by atoms with E-state index in [0.29, 0.717) is 12.8 Å². The summed E-state index contributed by atoms with van der Waals surface area (Å²) in [5.74, 6) is -0.554. The summed E-state index contributed by atoms with van der Waals surface area (Å²) in [5, 5.41) is 17.9. The average Bonchev–Trinajstić information content (AvgIpc) is 2.88. The lowest BCUT2D eigenvalue weighted by Gasteiger charge is -2.29. The van der Waals surface area contributed by atoms with Gasteiger partial charge in [0.25, 0.3) is 10.2 Å². The Bertz CT molecular complexity index is 407. The Balaban J connectivity index is 2.90. The first-order valence-electron chi connectivity index (χ1n) is 6.64. The van der Waals surface area contributed by atoms with E-state index in [9.17, 15) is 13.2 Å². The van der Waals surface area contributed by atoms with Crippen LogP contribution in [0.4, 0.5) is 0 Å². The maximum Gasteiger partial charge on any atom is 0.324 e. The topological polar surface area (TPSA) is 107 Å². The zero-order valence-corrected chi connectivity index (χ0v) is 12.4. The molecule has 0 amide bonds. The Hall–Kier alpha value is -0.740. The van der Waals surface area contributed by atoms with Crippen molar-refractivity contribution in [2.75, 3.05) is 39.5 Å². The SMILES string of the molecule is CCOC(=O)C1CCCN1S(=O)(=O)N(CCO)CCO. The van der Waals surface area contributed by atoms with Gasteiger partial charge in [0.1, 0.15) is 6.04 Å². The van der Waals surface area contributed by atoms with E-state index in [4.69, 9.17) is 14.9 Å². The molecule has 1 aliphatic heterocycles. The van der Waals surface area contributed by atoms with Crippen LogP contribution < -0.4 is 0 Å². The number of esters is 1. The summed E-state index contributed by atoms with van der Waals surface area (Å²) in [6, 6.07) is -0.820. The normalized spacial score (nSPS) is 20.5. The van der Waals surface area contributed by atoms with Gasteiger partial charge in [0.05, 0.1) is 19.8 Å². The molecular formula is C11H22N2O6S. The average molecular weight is 310 g/mol. The van der Waals surface area contributed by atoms with Crippen molar-refractivity contribution < 1.29 is 28.2 Å². The first-order chi connectivity index (χ1) is 9.48. The third-order valence-corrected chi connectivity index (χ3v) is 5.13. The molecule has 1 saturated heterocycles. The largest absolute Gasteiger partial charge is 0.465 e. The maximum absolute atomic E-state index is 12.5. The lowest BCUT2D eigenvalue weighted by atomic mass is 10.2. The predicted octanol–water partition coefficient (Wildman–Crippen LogP) is -1.45. The summed E-state index contributed by atoms with van der Waals surface area (Å²) in [7, 11) is -3.89. The number of carbonyl (C=O) groups excluding carboxylic acids is 1. The van der Waals surface area contributed by atoms with Gasteiger partial charge < -0.3 is 14.9 Å². The van der Waals surface area contributed by atoms with Crippen LogP contribution in [0.2, 0.25) is 0 Å². The van der Waals surface area contributed by atoms with Gasteiger partial charge in [-0.15, -0.1) is 0 Å². The molecule has 1 atom stereocenters. The van der Waals surface area contributed by atoms with Crippen LogP contribution in [0.15, 0.2) is 0 Å². The van der Waals surface area contributed by atoms with Crippen LogP contribution in [-0.2, 0) is 19.7 Å². The van der Waals surface area contributed by atoms with Crippen LogP contribution in [0.3, 0.4) is 0 Å². The predicted molar refractivity (Wildman–Crippen MR) is 71.0 cm³/mol. The second-order valence-corrected chi connectivity index (χ2v) is 6.26. The number of hydrogen-bond acceptors (Lipinski definition) is 6. The lowest BCUT2D eigenvalue weighted by molar-refractivity contribution is -0.146. The fraction of sp³-hybridized carbons (Fsp3) is 0.909. The molecule has 1 aliphatic rings. The second kappa shape index (κ2) is 7.89. The molecule has 0 radical (unpaired) electrons. The number of hydrogen-bond donors (Lipinski definition) is 2. The van der Waals surface area contributed by atoms with E-state index in [0.717, 1.165) is 8.61 Å². The van der Waals surface area contributed by atoms with Crippen molar-refractivity contribution in [3.63, 3.8) is 0 Å². The fourth-order valence-electron chi connectivity index (χ4n) is 2.20. The molecule has 8 nitrogen and oxygen atoms in total. The molecule has 20 heavy (non-hydrogen) atoms. The maximum atomic E-state index is 12.5. The highest BCUT2D eigenvalue weighted by atomic mass is 32.2. The number of carbonyl (C=O) groups is 1. The minimum atomic E-state index is -3.89. The van der Waals surface area contributed by atoms with E-state index in [1.165, 1.54) is 0 Å². The summed E-state index contributed by atoms with van der Waals surface area (Å²) in [4.78, 5) is 11.8. The van der Waals surface area contributed by atoms with Crippen molar-refractivity contribution in [2.24, 2.45) is 0 Å². The number of rotatable bonds is 8. The van der Waals surface area contributed by atoms with E-state index in [1.807, 2.05) is 0 Å². The third kappa shape index (κ3) is 3.89. The zero-order chi connectivity index (χ0) is 15.2. The molecule has 9 heteroatoms. The standard InChI is InChI=1S/C11H22N2O6S/c1-2-19-11(16)10-4-3-5-13(10)20(17,18)12(6-8-14)7-9-15/h10,14-15H,2-9H2,1H3. The molecule has 1 heterocycles. The number of nitrogens with zero attached hydrogens (tertiary/aromatic N) is 2. The number of aliphatic hydroxyl groups excluding tert-OH is 2. The highest BCUT2D eigenvalue weighted by molar-refractivity contribution is 7.86. The molecule has 1 fully saturated rings. The van der Waals surface area contributed by atoms with Gasteiger partial charge in [0.15, 0.2) is 0 Å². The van der Waals surface area contributed by atoms with Gasteiger partial charge in [-0.1, -0.05) is 0 Å². The Morgan fingerprint density at radius 2 is 1.95 bits per heavy atom. The molecule has 0 aromatic heterocycles. The summed E-state index contributed by atoms with van der Waals surface area (Å²) in [6.07, 6.45) is 0.999. The molecule has 118 valence electrons. The first-order valence-corrected chi connectivity index (χ1v) is 8.04. The molecule has 1 unspecified atom stereocenters. The van der Waals surface area contributed by atoms with Crippen LogP contribution in [0.5, 0.6) is 0 Å². The van der Waals surface area contributed by atoms with E-state index >= 15 is 0 Å². The van der Waals surface area contributed by atoms with E-state index in [2.05, 4.69) is 0 Å². The van der Waals surface area contributed by atoms with Gasteiger partial charge in [0.2, 0.25) is 0 Å². The van der Waals surface area contributed by atoms with E-state index in [-0.39, 0.29) is 39.5 Å². The number of aliphatic hydroxyl groups is 2. The smallest absolute Gasteiger partial charge is 0.324 e. The highest BCUT2D eigenvalue weighted by Crippen LogP contribution is 2.24. The molecular weight excluding hydrogens is 288 g/mol. The minimum absolute atomic E-state index is 0.116. The highest BCUT2D eigenvalue weighted by Gasteiger charge is 2.42. The molecule has 1 rings (SSSR count). The molecule has 2 N–H and O–H groups in total. The van der Waals surface area contributed by atoms with Crippen LogP contribution in [-0.4, -0.2) is 78.7 Å². The van der Waals surface area contributed by atoms with Gasteiger partial charge >= 0.3 is 5.97 Å². The molecule has 0 aliphatic carbocycles. The van der Waals surface area contributed by atoms with Crippen molar-refractivity contribution in [1.29, 1.82) is 0 Å². The molecule has 0 bridgehead atoms. The Morgan fingerprint density at radius 3 is 2.45 bits per heavy atom. The summed E-state index contributed by atoms with van der Waals surface area (Å²) in [6.45, 7) is 1.16. The quantitative estimate of drug-likeness (QED) is 0.531. The van der Waals surface area contributed by atoms with Crippen LogP contribution in [0, 0.1) is 0 Å². The van der Waals surface area contributed by atoms with E-state index < -0.39 is 22.2 Å². The van der Waals surface area contributed by atoms with Crippen LogP contribution in [0.25, 0.3) is 0 Å².